The molecule has 2 heteroatoms. The topological polar surface area (TPSA) is 29.1 Å². The Bertz CT molecular complexity index is 148. The lowest BCUT2D eigenvalue weighted by Crippen LogP contribution is -2.30. The Kier molecular flexibility index (Phi) is 3.30. The molecule has 0 aromatic heterocycles. The van der Waals surface area contributed by atoms with E-state index in [9.17, 15) is 4.79 Å². The molecule has 1 aliphatic rings. The minimum atomic E-state index is 0.0944. The molecule has 0 heterocycles. The monoisotopic (exact) mass is 153 g/mol. The SMILES string of the molecule is C=CC(=O)CNC1CCCC1. The average Bonchev–Trinajstić information content (AvgIpc) is 2.52. The molecule has 1 saturated carbocycles. The van der Waals surface area contributed by atoms with Gasteiger partial charge in [0.1, 0.15) is 0 Å². The molecular formula is C9H15NO. The molecule has 0 aromatic rings. The zero-order chi connectivity index (χ0) is 8.10. The third-order valence-corrected chi connectivity index (χ3v) is 2.15. The third kappa shape index (κ3) is 2.85. The summed E-state index contributed by atoms with van der Waals surface area (Å²) in [5.41, 5.74) is 0. The maximum absolute atomic E-state index is 10.8. The largest absolute Gasteiger partial charge is 0.307 e. The van der Waals surface area contributed by atoms with Gasteiger partial charge in [-0.2, -0.15) is 0 Å². The summed E-state index contributed by atoms with van der Waals surface area (Å²) in [6, 6.07) is 0.582. The molecule has 62 valence electrons. The zero-order valence-electron chi connectivity index (χ0n) is 6.81. The van der Waals surface area contributed by atoms with Crippen LogP contribution in [0, 0.1) is 0 Å². The predicted molar refractivity (Wildman–Crippen MR) is 45.5 cm³/mol. The van der Waals surface area contributed by atoms with Gasteiger partial charge in [0.2, 0.25) is 0 Å². The molecule has 0 atom stereocenters. The van der Waals surface area contributed by atoms with E-state index in [0.717, 1.165) is 0 Å². The predicted octanol–water partition coefficient (Wildman–Crippen LogP) is 1.27. The molecule has 1 aliphatic carbocycles. The van der Waals surface area contributed by atoms with Crippen LogP contribution in [0.25, 0.3) is 0 Å². The minimum Gasteiger partial charge on any atom is -0.307 e. The first kappa shape index (κ1) is 8.47. The van der Waals surface area contributed by atoms with Gasteiger partial charge < -0.3 is 5.32 Å². The van der Waals surface area contributed by atoms with Gasteiger partial charge in [-0.25, -0.2) is 0 Å². The lowest BCUT2D eigenvalue weighted by molar-refractivity contribution is -0.113. The van der Waals surface area contributed by atoms with E-state index in [0.29, 0.717) is 12.6 Å². The number of carbonyl (C=O) groups is 1. The van der Waals surface area contributed by atoms with Crippen LogP contribution in [0.5, 0.6) is 0 Å². The van der Waals surface area contributed by atoms with E-state index in [1.807, 2.05) is 0 Å². The van der Waals surface area contributed by atoms with Crippen molar-refractivity contribution in [3.8, 4) is 0 Å². The fourth-order valence-electron chi connectivity index (χ4n) is 1.45. The molecule has 1 rings (SSSR count). The molecule has 2 nitrogen and oxygen atoms in total. The van der Waals surface area contributed by atoms with E-state index >= 15 is 0 Å². The van der Waals surface area contributed by atoms with Crippen LogP contribution in [0.15, 0.2) is 12.7 Å². The highest BCUT2D eigenvalue weighted by atomic mass is 16.1. The van der Waals surface area contributed by atoms with Gasteiger partial charge in [0.15, 0.2) is 5.78 Å². The van der Waals surface area contributed by atoms with Crippen LogP contribution in [0.4, 0.5) is 0 Å². The number of carbonyl (C=O) groups excluding carboxylic acids is 1. The number of rotatable bonds is 4. The minimum absolute atomic E-state index is 0.0944. The van der Waals surface area contributed by atoms with Gasteiger partial charge in [0.25, 0.3) is 0 Å². The zero-order valence-corrected chi connectivity index (χ0v) is 6.81. The van der Waals surface area contributed by atoms with E-state index in [1.54, 1.807) is 0 Å². The van der Waals surface area contributed by atoms with E-state index in [1.165, 1.54) is 31.8 Å². The lowest BCUT2D eigenvalue weighted by atomic mass is 10.2. The van der Waals surface area contributed by atoms with Crippen LogP contribution < -0.4 is 5.32 Å². The first-order chi connectivity index (χ1) is 5.33. The molecule has 0 bridgehead atoms. The van der Waals surface area contributed by atoms with Gasteiger partial charge in [0, 0.05) is 6.04 Å². The smallest absolute Gasteiger partial charge is 0.168 e. The molecule has 0 unspecified atom stereocenters. The second kappa shape index (κ2) is 4.29. The highest BCUT2D eigenvalue weighted by molar-refractivity contribution is 5.90. The van der Waals surface area contributed by atoms with Crippen molar-refractivity contribution in [1.82, 2.24) is 5.32 Å². The number of ketones is 1. The van der Waals surface area contributed by atoms with Crippen molar-refractivity contribution in [1.29, 1.82) is 0 Å². The van der Waals surface area contributed by atoms with Gasteiger partial charge in [-0.1, -0.05) is 19.4 Å². The average molecular weight is 153 g/mol. The van der Waals surface area contributed by atoms with Gasteiger partial charge in [-0.3, -0.25) is 4.79 Å². The lowest BCUT2D eigenvalue weighted by Gasteiger charge is -2.08. The van der Waals surface area contributed by atoms with Crippen molar-refractivity contribution >= 4 is 5.78 Å². The Hall–Kier alpha value is -0.630. The summed E-state index contributed by atoms with van der Waals surface area (Å²) in [6.45, 7) is 3.88. The van der Waals surface area contributed by atoms with E-state index in [2.05, 4.69) is 11.9 Å². The van der Waals surface area contributed by atoms with Gasteiger partial charge in [-0.15, -0.1) is 0 Å². The molecule has 1 fully saturated rings. The fourth-order valence-corrected chi connectivity index (χ4v) is 1.45. The van der Waals surface area contributed by atoms with Crippen LogP contribution >= 0.6 is 0 Å². The molecule has 1 N–H and O–H groups in total. The fraction of sp³-hybridized carbons (Fsp3) is 0.667. The molecule has 0 spiro atoms. The van der Waals surface area contributed by atoms with Crippen molar-refractivity contribution in [2.75, 3.05) is 6.54 Å². The highest BCUT2D eigenvalue weighted by Crippen LogP contribution is 2.17. The van der Waals surface area contributed by atoms with Crippen LogP contribution in [0.3, 0.4) is 0 Å². The molecule has 11 heavy (non-hydrogen) atoms. The summed E-state index contributed by atoms with van der Waals surface area (Å²) in [5, 5.41) is 3.21. The summed E-state index contributed by atoms with van der Waals surface area (Å²) in [6.07, 6.45) is 6.44. The Balaban J connectivity index is 2.10. The molecule has 0 radical (unpaired) electrons. The maximum Gasteiger partial charge on any atom is 0.168 e. The normalized spacial score (nSPS) is 18.5. The summed E-state index contributed by atoms with van der Waals surface area (Å²) in [5.74, 6) is 0.0944. The molecule has 0 amide bonds. The molecular weight excluding hydrogens is 138 g/mol. The molecule has 0 saturated heterocycles. The summed E-state index contributed by atoms with van der Waals surface area (Å²) >= 11 is 0. The first-order valence-corrected chi connectivity index (χ1v) is 4.21. The summed E-state index contributed by atoms with van der Waals surface area (Å²) < 4.78 is 0. The van der Waals surface area contributed by atoms with E-state index < -0.39 is 0 Å². The van der Waals surface area contributed by atoms with Crippen molar-refractivity contribution in [2.45, 2.75) is 31.7 Å². The van der Waals surface area contributed by atoms with Gasteiger partial charge in [-0.05, 0) is 18.9 Å². The number of hydrogen-bond acceptors (Lipinski definition) is 2. The van der Waals surface area contributed by atoms with Gasteiger partial charge >= 0.3 is 0 Å². The van der Waals surface area contributed by atoms with E-state index in [4.69, 9.17) is 0 Å². The van der Waals surface area contributed by atoms with E-state index in [-0.39, 0.29) is 5.78 Å². The summed E-state index contributed by atoms with van der Waals surface area (Å²) in [4.78, 5) is 10.8. The number of nitrogens with one attached hydrogen (secondary N) is 1. The van der Waals surface area contributed by atoms with Crippen molar-refractivity contribution < 1.29 is 4.79 Å². The third-order valence-electron chi connectivity index (χ3n) is 2.15. The van der Waals surface area contributed by atoms with Crippen LogP contribution in [-0.2, 0) is 4.79 Å². The Morgan fingerprint density at radius 1 is 1.55 bits per heavy atom. The first-order valence-electron chi connectivity index (χ1n) is 4.21. The second-order valence-electron chi connectivity index (χ2n) is 3.03. The Morgan fingerprint density at radius 3 is 2.73 bits per heavy atom. The Labute approximate surface area is 67.7 Å². The second-order valence-corrected chi connectivity index (χ2v) is 3.03. The molecule has 0 aromatic carbocycles. The Morgan fingerprint density at radius 2 is 2.18 bits per heavy atom. The van der Waals surface area contributed by atoms with Crippen LogP contribution in [0.2, 0.25) is 0 Å². The van der Waals surface area contributed by atoms with Gasteiger partial charge in [0.05, 0.1) is 6.54 Å². The van der Waals surface area contributed by atoms with Crippen molar-refractivity contribution in [2.24, 2.45) is 0 Å². The highest BCUT2D eigenvalue weighted by Gasteiger charge is 2.13. The maximum atomic E-state index is 10.8. The van der Waals surface area contributed by atoms with Crippen molar-refractivity contribution in [3.63, 3.8) is 0 Å². The summed E-state index contributed by atoms with van der Waals surface area (Å²) in [7, 11) is 0. The standard InChI is InChI=1S/C9H15NO/c1-2-9(11)7-10-8-5-3-4-6-8/h2,8,10H,1,3-7H2. The quantitative estimate of drug-likeness (QED) is 0.616. The van der Waals surface area contributed by atoms with Crippen LogP contribution in [0.1, 0.15) is 25.7 Å². The number of hydrogen-bond donors (Lipinski definition) is 1. The van der Waals surface area contributed by atoms with Crippen molar-refractivity contribution in [3.05, 3.63) is 12.7 Å². The van der Waals surface area contributed by atoms with Crippen LogP contribution in [-0.4, -0.2) is 18.4 Å². The molecule has 0 aliphatic heterocycles.